The van der Waals surface area contributed by atoms with Crippen LogP contribution in [0, 0.1) is 0 Å². The molecule has 0 heterocycles. The molecule has 0 bridgehead atoms. The van der Waals surface area contributed by atoms with Crippen LogP contribution in [-0.2, 0) is 18.4 Å². The van der Waals surface area contributed by atoms with Crippen LogP contribution in [0.25, 0.3) is 0 Å². The maximum Gasteiger partial charge on any atom is 0.268 e. The third-order valence-electron chi connectivity index (χ3n) is 11.2. The average Bonchev–Trinajstić information content (AvgIpc) is 3.23. The maximum atomic E-state index is 12.9. The van der Waals surface area contributed by atoms with Gasteiger partial charge in [-0.05, 0) is 70.6 Å². The molecule has 3 unspecified atom stereocenters. The zero-order valence-electron chi connectivity index (χ0n) is 41.1. The van der Waals surface area contributed by atoms with E-state index in [1.807, 2.05) is 27.2 Å². The molecule has 362 valence electrons. The van der Waals surface area contributed by atoms with Gasteiger partial charge < -0.3 is 28.8 Å². The van der Waals surface area contributed by atoms with E-state index >= 15 is 0 Å². The number of amides is 1. The van der Waals surface area contributed by atoms with Crippen molar-refractivity contribution in [1.82, 2.24) is 5.32 Å². The fourth-order valence-corrected chi connectivity index (χ4v) is 7.84. The summed E-state index contributed by atoms with van der Waals surface area (Å²) in [4.78, 5) is 25.3. The Hall–Kier alpha value is -1.80. The zero-order chi connectivity index (χ0) is 45.7. The molecular weight excluding hydrogens is 792 g/mol. The molecule has 0 aliphatic heterocycles. The van der Waals surface area contributed by atoms with Crippen molar-refractivity contribution in [3.63, 3.8) is 0 Å². The number of rotatable bonds is 46. The first-order valence-corrected chi connectivity index (χ1v) is 27.1. The van der Waals surface area contributed by atoms with Gasteiger partial charge in [0.25, 0.3) is 7.82 Å². The lowest BCUT2D eigenvalue weighted by Crippen LogP contribution is -2.45. The summed E-state index contributed by atoms with van der Waals surface area (Å²) in [6.45, 7) is 4.55. The van der Waals surface area contributed by atoms with Crippen LogP contribution in [-0.4, -0.2) is 68.5 Å². The topological polar surface area (TPSA) is 108 Å². The van der Waals surface area contributed by atoms with E-state index in [0.29, 0.717) is 17.4 Å². The van der Waals surface area contributed by atoms with Crippen molar-refractivity contribution in [2.45, 2.75) is 231 Å². The summed E-state index contributed by atoms with van der Waals surface area (Å²) in [7, 11) is 1.24. The van der Waals surface area contributed by atoms with Crippen molar-refractivity contribution in [2.75, 3.05) is 40.9 Å². The molecule has 0 radical (unpaired) electrons. The number of likely N-dealkylation sites (N-methyl/N-ethyl adjacent to an activating group) is 1. The van der Waals surface area contributed by atoms with E-state index in [1.165, 1.54) is 148 Å². The Labute approximate surface area is 383 Å². The van der Waals surface area contributed by atoms with Gasteiger partial charge in [0.1, 0.15) is 13.2 Å². The molecule has 9 heteroatoms. The lowest BCUT2D eigenvalue weighted by atomic mass is 10.0. The molecule has 0 aliphatic carbocycles. The molecule has 0 saturated carbocycles. The van der Waals surface area contributed by atoms with Gasteiger partial charge in [0.2, 0.25) is 5.91 Å². The minimum atomic E-state index is -4.59. The molecule has 0 fully saturated rings. The summed E-state index contributed by atoms with van der Waals surface area (Å²) < 4.78 is 23.1. The van der Waals surface area contributed by atoms with Crippen LogP contribution >= 0.6 is 7.82 Å². The lowest BCUT2D eigenvalue weighted by molar-refractivity contribution is -0.870. The molecule has 1 amide bonds. The third-order valence-corrected chi connectivity index (χ3v) is 12.2. The van der Waals surface area contributed by atoms with Gasteiger partial charge >= 0.3 is 0 Å². The predicted molar refractivity (Wildman–Crippen MR) is 265 cm³/mol. The molecule has 62 heavy (non-hydrogen) atoms. The van der Waals surface area contributed by atoms with Gasteiger partial charge in [-0.25, -0.2) is 0 Å². The van der Waals surface area contributed by atoms with E-state index < -0.39 is 26.6 Å². The van der Waals surface area contributed by atoms with Crippen LogP contribution in [0.5, 0.6) is 0 Å². The summed E-state index contributed by atoms with van der Waals surface area (Å²) in [6.07, 6.45) is 58.8. The molecular formula is C53H99N2O6P. The summed E-state index contributed by atoms with van der Waals surface area (Å²) >= 11 is 0. The van der Waals surface area contributed by atoms with E-state index in [-0.39, 0.29) is 12.5 Å². The third kappa shape index (κ3) is 46.2. The first-order chi connectivity index (χ1) is 30.0. The van der Waals surface area contributed by atoms with Crippen LogP contribution in [0.3, 0.4) is 0 Å². The maximum absolute atomic E-state index is 12.9. The monoisotopic (exact) mass is 891 g/mol. The Bertz CT molecular complexity index is 1190. The van der Waals surface area contributed by atoms with Crippen molar-refractivity contribution in [3.05, 3.63) is 60.8 Å². The number of quaternary nitrogens is 1. The Morgan fingerprint density at radius 1 is 0.565 bits per heavy atom. The number of carbonyl (C=O) groups is 1. The van der Waals surface area contributed by atoms with Crippen LogP contribution in [0.2, 0.25) is 0 Å². The largest absolute Gasteiger partial charge is 0.756 e. The fourth-order valence-electron chi connectivity index (χ4n) is 7.12. The van der Waals surface area contributed by atoms with E-state index in [4.69, 9.17) is 9.05 Å². The highest BCUT2D eigenvalue weighted by molar-refractivity contribution is 7.45. The fraction of sp³-hybridized carbons (Fsp3) is 0.792. The SMILES string of the molecule is CCCCC/C=C/CC/C=C/C(O)C(COP(=O)([O-])OCC[N+](C)(C)C)NC(=O)CCCCCCCCCCCCCCCCCC/C=C\C/C=C\C/C=C\CCCCCCC. The van der Waals surface area contributed by atoms with Crippen molar-refractivity contribution in [2.24, 2.45) is 0 Å². The average molecular weight is 891 g/mol. The van der Waals surface area contributed by atoms with Gasteiger partial charge in [0, 0.05) is 6.42 Å². The van der Waals surface area contributed by atoms with Crippen LogP contribution in [0.15, 0.2) is 60.8 Å². The molecule has 0 saturated heterocycles. The second-order valence-corrected chi connectivity index (χ2v) is 19.9. The van der Waals surface area contributed by atoms with Gasteiger partial charge in [-0.2, -0.15) is 0 Å². The first-order valence-electron chi connectivity index (χ1n) is 25.7. The molecule has 0 aliphatic rings. The predicted octanol–water partition coefficient (Wildman–Crippen LogP) is 14.3. The molecule has 0 spiro atoms. The minimum absolute atomic E-state index is 0.00783. The van der Waals surface area contributed by atoms with Gasteiger partial charge in [-0.1, -0.05) is 203 Å². The summed E-state index contributed by atoms with van der Waals surface area (Å²) in [5, 5.41) is 13.7. The molecule has 2 N–H and O–H groups in total. The smallest absolute Gasteiger partial charge is 0.268 e. The molecule has 0 aromatic heterocycles. The van der Waals surface area contributed by atoms with Crippen molar-refractivity contribution in [3.8, 4) is 0 Å². The normalized spacial score (nSPS) is 14.6. The first kappa shape index (κ1) is 60.2. The number of aliphatic hydroxyl groups excluding tert-OH is 1. The standard InChI is InChI=1S/C53H99N2O6P/c1-6-8-10-12-14-16-17-18-19-20-21-22-23-24-25-26-27-28-29-30-31-32-33-34-35-36-37-39-41-43-45-47-53(57)54-51(50-61-62(58,59)60-49-48-55(3,4)5)52(56)46-44-42-40-38-15-13-11-9-7-2/h15,17-18,20-21,23-24,38,44,46,51-52,56H,6-14,16,19,22,25-37,39-43,45,47-50H2,1-5H3,(H-,54,57,58,59)/b18-17-,21-20-,24-23-,38-15+,46-44+. The molecule has 8 nitrogen and oxygen atoms in total. The number of hydrogen-bond donors (Lipinski definition) is 2. The van der Waals surface area contributed by atoms with Crippen LogP contribution in [0.1, 0.15) is 219 Å². The quantitative estimate of drug-likeness (QED) is 0.0273. The van der Waals surface area contributed by atoms with Crippen molar-refractivity contribution >= 4 is 13.7 Å². The molecule has 0 aromatic carbocycles. The zero-order valence-corrected chi connectivity index (χ0v) is 42.0. The number of carbonyl (C=O) groups excluding carboxylic acids is 1. The Kier molecular flexibility index (Phi) is 43.1. The van der Waals surface area contributed by atoms with Gasteiger partial charge in [-0.15, -0.1) is 0 Å². The van der Waals surface area contributed by atoms with Gasteiger partial charge in [-0.3, -0.25) is 9.36 Å². The van der Waals surface area contributed by atoms with Crippen LogP contribution in [0.4, 0.5) is 0 Å². The second-order valence-electron chi connectivity index (χ2n) is 18.5. The number of phosphoric ester groups is 1. The number of aliphatic hydroxyl groups is 1. The number of nitrogens with one attached hydrogen (secondary N) is 1. The lowest BCUT2D eigenvalue weighted by Gasteiger charge is -2.29. The van der Waals surface area contributed by atoms with Crippen LogP contribution < -0.4 is 10.2 Å². The Balaban J connectivity index is 4.02. The van der Waals surface area contributed by atoms with Gasteiger partial charge in [0.15, 0.2) is 0 Å². The van der Waals surface area contributed by atoms with E-state index in [0.717, 1.165) is 51.4 Å². The van der Waals surface area contributed by atoms with E-state index in [2.05, 4.69) is 67.8 Å². The number of unbranched alkanes of at least 4 members (excludes halogenated alkanes) is 25. The van der Waals surface area contributed by atoms with E-state index in [1.54, 1.807) is 6.08 Å². The van der Waals surface area contributed by atoms with Crippen molar-refractivity contribution in [1.29, 1.82) is 0 Å². The number of hydrogen-bond acceptors (Lipinski definition) is 6. The molecule has 0 aromatic rings. The Morgan fingerprint density at radius 2 is 0.952 bits per heavy atom. The Morgan fingerprint density at radius 3 is 1.45 bits per heavy atom. The highest BCUT2D eigenvalue weighted by Gasteiger charge is 2.23. The summed E-state index contributed by atoms with van der Waals surface area (Å²) in [5.74, 6) is -0.211. The number of allylic oxidation sites excluding steroid dienone is 9. The molecule has 0 rings (SSSR count). The van der Waals surface area contributed by atoms with Gasteiger partial charge in [0.05, 0.1) is 39.9 Å². The highest BCUT2D eigenvalue weighted by atomic mass is 31.2. The molecule has 3 atom stereocenters. The van der Waals surface area contributed by atoms with Crippen molar-refractivity contribution < 1.29 is 32.9 Å². The minimum Gasteiger partial charge on any atom is -0.756 e. The summed E-state index contributed by atoms with van der Waals surface area (Å²) in [5.41, 5.74) is 0. The number of nitrogens with zero attached hydrogens (tertiary/aromatic N) is 1. The van der Waals surface area contributed by atoms with E-state index in [9.17, 15) is 19.4 Å². The second kappa shape index (κ2) is 44.4. The number of phosphoric acid groups is 1. The summed E-state index contributed by atoms with van der Waals surface area (Å²) in [6, 6.07) is -0.902. The highest BCUT2D eigenvalue weighted by Crippen LogP contribution is 2.38.